The van der Waals surface area contributed by atoms with Gasteiger partial charge in [0.25, 0.3) is 11.8 Å². The summed E-state index contributed by atoms with van der Waals surface area (Å²) in [4.78, 5) is 41.6. The molecule has 3 amide bonds. The summed E-state index contributed by atoms with van der Waals surface area (Å²) in [5, 5.41) is 11.9. The monoisotopic (exact) mass is 370 g/mol. The molecule has 0 unspecified atom stereocenters. The largest absolute Gasteiger partial charge is 0.437 e. The number of piperazine rings is 1. The number of nitrogens with zero attached hydrogens (tertiary/aromatic N) is 2. The third-order valence-corrected chi connectivity index (χ3v) is 4.01. The van der Waals surface area contributed by atoms with Crippen LogP contribution < -0.4 is 15.8 Å². The number of pyridine rings is 1. The highest BCUT2D eigenvalue weighted by molar-refractivity contribution is 5.99. The quantitative estimate of drug-likeness (QED) is 0.673. The second kappa shape index (κ2) is 7.83. The van der Waals surface area contributed by atoms with E-state index >= 15 is 0 Å². The first-order valence-corrected chi connectivity index (χ1v) is 8.20. The van der Waals surface area contributed by atoms with Crippen LogP contribution in [0.2, 0.25) is 0 Å². The van der Waals surface area contributed by atoms with E-state index in [0.29, 0.717) is 0 Å². The summed E-state index contributed by atoms with van der Waals surface area (Å²) >= 11 is 0. The van der Waals surface area contributed by atoms with Crippen LogP contribution in [0.25, 0.3) is 0 Å². The van der Waals surface area contributed by atoms with Crippen molar-refractivity contribution < 1.29 is 24.2 Å². The number of benzene rings is 1. The zero-order chi connectivity index (χ0) is 19.4. The number of hydrogen-bond donors (Lipinski definition) is 3. The van der Waals surface area contributed by atoms with Crippen LogP contribution >= 0.6 is 0 Å². The number of nitrogens with two attached hydrogens (primary N) is 1. The van der Waals surface area contributed by atoms with E-state index in [2.05, 4.69) is 10.3 Å². The van der Waals surface area contributed by atoms with Crippen LogP contribution in [0.5, 0.6) is 11.6 Å². The molecule has 1 atom stereocenters. The number of rotatable bonds is 5. The molecule has 1 aliphatic rings. The van der Waals surface area contributed by atoms with Crippen molar-refractivity contribution in [2.45, 2.75) is 6.04 Å². The van der Waals surface area contributed by atoms with Crippen LogP contribution in [0, 0.1) is 0 Å². The van der Waals surface area contributed by atoms with E-state index in [1.165, 1.54) is 23.2 Å². The maximum absolute atomic E-state index is 12.9. The van der Waals surface area contributed by atoms with Crippen molar-refractivity contribution >= 4 is 17.7 Å². The Morgan fingerprint density at radius 3 is 2.74 bits per heavy atom. The lowest BCUT2D eigenvalue weighted by atomic mass is 10.1. The van der Waals surface area contributed by atoms with Crippen molar-refractivity contribution in [2.75, 3.05) is 19.7 Å². The normalized spacial score (nSPS) is 16.6. The van der Waals surface area contributed by atoms with Gasteiger partial charge < -0.3 is 25.8 Å². The van der Waals surface area contributed by atoms with Crippen LogP contribution in [0.15, 0.2) is 42.6 Å². The predicted octanol–water partition coefficient (Wildman–Crippen LogP) is -0.0943. The van der Waals surface area contributed by atoms with Crippen LogP contribution in [0.3, 0.4) is 0 Å². The highest BCUT2D eigenvalue weighted by Gasteiger charge is 2.30. The van der Waals surface area contributed by atoms with E-state index in [0.717, 1.165) is 0 Å². The van der Waals surface area contributed by atoms with E-state index in [1.807, 2.05) is 0 Å². The Bertz CT molecular complexity index is 886. The number of amides is 3. The minimum atomic E-state index is -0.673. The fraction of sp³-hybridized carbons (Fsp3) is 0.222. The third-order valence-electron chi connectivity index (χ3n) is 4.01. The van der Waals surface area contributed by atoms with E-state index < -0.39 is 17.9 Å². The second-order valence-electron chi connectivity index (χ2n) is 5.95. The average molecular weight is 370 g/mol. The lowest BCUT2D eigenvalue weighted by molar-refractivity contribution is -0.125. The Morgan fingerprint density at radius 1 is 1.26 bits per heavy atom. The first kappa shape index (κ1) is 18.3. The Morgan fingerprint density at radius 2 is 2.00 bits per heavy atom. The van der Waals surface area contributed by atoms with Crippen molar-refractivity contribution in [3.8, 4) is 11.6 Å². The molecule has 0 radical (unpaired) electrons. The molecule has 9 heteroatoms. The topological polar surface area (TPSA) is 135 Å². The van der Waals surface area contributed by atoms with Crippen molar-refractivity contribution in [1.29, 1.82) is 0 Å². The minimum absolute atomic E-state index is 0.0114. The van der Waals surface area contributed by atoms with Gasteiger partial charge in [-0.1, -0.05) is 12.1 Å². The molecule has 1 aliphatic heterocycles. The molecule has 0 spiro atoms. The number of hydrogen-bond acceptors (Lipinski definition) is 6. The van der Waals surface area contributed by atoms with E-state index in [1.54, 1.807) is 24.3 Å². The number of aliphatic hydroxyl groups is 1. The van der Waals surface area contributed by atoms with Gasteiger partial charge >= 0.3 is 0 Å². The Kier molecular flexibility index (Phi) is 5.32. The molecule has 140 valence electrons. The number of aliphatic hydroxyl groups excluding tert-OH is 1. The second-order valence-corrected chi connectivity index (χ2v) is 5.95. The number of para-hydroxylation sites is 1. The Labute approximate surface area is 154 Å². The van der Waals surface area contributed by atoms with Gasteiger partial charge in [-0.25, -0.2) is 4.98 Å². The number of carbonyl (C=O) groups is 3. The molecule has 0 aliphatic carbocycles. The molecule has 0 saturated carbocycles. The van der Waals surface area contributed by atoms with E-state index in [-0.39, 0.29) is 48.4 Å². The van der Waals surface area contributed by atoms with Gasteiger partial charge in [0.1, 0.15) is 11.3 Å². The summed E-state index contributed by atoms with van der Waals surface area (Å²) in [5.74, 6) is -1.35. The number of ether oxygens (including phenoxy) is 1. The molecule has 2 heterocycles. The van der Waals surface area contributed by atoms with Gasteiger partial charge in [0.05, 0.1) is 24.8 Å². The molecule has 1 fully saturated rings. The predicted molar refractivity (Wildman–Crippen MR) is 94.2 cm³/mol. The zero-order valence-electron chi connectivity index (χ0n) is 14.3. The summed E-state index contributed by atoms with van der Waals surface area (Å²) in [6, 6.07) is 8.88. The average Bonchev–Trinajstić information content (AvgIpc) is 2.67. The number of primary amides is 1. The van der Waals surface area contributed by atoms with Crippen LogP contribution in [0.4, 0.5) is 0 Å². The van der Waals surface area contributed by atoms with Crippen molar-refractivity contribution in [3.63, 3.8) is 0 Å². The molecular formula is C18H18N4O5. The maximum Gasteiger partial charge on any atom is 0.259 e. The Hall–Kier alpha value is -3.46. The molecule has 3 rings (SSSR count). The van der Waals surface area contributed by atoms with Crippen LogP contribution in [-0.4, -0.2) is 58.5 Å². The lowest BCUT2D eigenvalue weighted by Crippen LogP contribution is -2.57. The van der Waals surface area contributed by atoms with E-state index in [4.69, 9.17) is 10.5 Å². The zero-order valence-corrected chi connectivity index (χ0v) is 14.3. The fourth-order valence-corrected chi connectivity index (χ4v) is 2.75. The molecule has 1 aromatic heterocycles. The molecule has 27 heavy (non-hydrogen) atoms. The number of carbonyl (C=O) groups excluding carboxylic acids is 3. The molecule has 2 aromatic rings. The maximum atomic E-state index is 12.9. The van der Waals surface area contributed by atoms with Crippen molar-refractivity contribution in [1.82, 2.24) is 15.2 Å². The summed E-state index contributed by atoms with van der Waals surface area (Å²) in [6.07, 6.45) is 1.44. The molecule has 1 saturated heterocycles. The molecule has 9 nitrogen and oxygen atoms in total. The number of nitrogens with one attached hydrogen (secondary N) is 1. The third kappa shape index (κ3) is 4.04. The summed E-state index contributed by atoms with van der Waals surface area (Å²) < 4.78 is 5.68. The SMILES string of the molecule is NC(=O)c1ccccc1Oc1ncccc1C(=O)N1CC(=O)N[C@H](CO)C1. The van der Waals surface area contributed by atoms with Gasteiger partial charge in [0.15, 0.2) is 0 Å². The molecule has 0 bridgehead atoms. The Balaban J connectivity index is 1.89. The van der Waals surface area contributed by atoms with Gasteiger partial charge in [0, 0.05) is 12.7 Å². The molecular weight excluding hydrogens is 352 g/mol. The molecule has 4 N–H and O–H groups in total. The highest BCUT2D eigenvalue weighted by Crippen LogP contribution is 2.27. The summed E-state index contributed by atoms with van der Waals surface area (Å²) in [5.41, 5.74) is 5.63. The van der Waals surface area contributed by atoms with Crippen LogP contribution in [-0.2, 0) is 4.79 Å². The van der Waals surface area contributed by atoms with Gasteiger partial charge in [-0.15, -0.1) is 0 Å². The van der Waals surface area contributed by atoms with Gasteiger partial charge in [-0.05, 0) is 24.3 Å². The van der Waals surface area contributed by atoms with Crippen molar-refractivity contribution in [3.05, 3.63) is 53.7 Å². The fourth-order valence-electron chi connectivity index (χ4n) is 2.75. The van der Waals surface area contributed by atoms with Gasteiger partial charge in [-0.3, -0.25) is 14.4 Å². The first-order chi connectivity index (χ1) is 13.0. The highest BCUT2D eigenvalue weighted by atomic mass is 16.5. The first-order valence-electron chi connectivity index (χ1n) is 8.20. The van der Waals surface area contributed by atoms with Gasteiger partial charge in [0.2, 0.25) is 11.8 Å². The standard InChI is InChI=1S/C18H18N4O5/c19-16(25)12-4-1-2-6-14(12)27-17-13(5-3-7-20-17)18(26)22-8-11(10-23)21-15(24)9-22/h1-7,11,23H,8-10H2,(H2,19,25)(H,21,24)/t11-/m0/s1. The minimum Gasteiger partial charge on any atom is -0.437 e. The summed E-state index contributed by atoms with van der Waals surface area (Å²) in [6.45, 7) is -0.257. The lowest BCUT2D eigenvalue weighted by Gasteiger charge is -2.32. The van der Waals surface area contributed by atoms with Crippen molar-refractivity contribution in [2.24, 2.45) is 5.73 Å². The van der Waals surface area contributed by atoms with E-state index in [9.17, 15) is 19.5 Å². The summed E-state index contributed by atoms with van der Waals surface area (Å²) in [7, 11) is 0. The molecule has 1 aromatic carbocycles. The van der Waals surface area contributed by atoms with Crippen LogP contribution in [0.1, 0.15) is 20.7 Å². The van der Waals surface area contributed by atoms with Gasteiger partial charge in [-0.2, -0.15) is 0 Å². The smallest absolute Gasteiger partial charge is 0.259 e. The number of aromatic nitrogens is 1.